The zero-order chi connectivity index (χ0) is 35.6. The molecule has 256 valence electrons. The van der Waals surface area contributed by atoms with Gasteiger partial charge in [-0.05, 0) is 119 Å². The Morgan fingerprint density at radius 1 is 0.396 bits per heavy atom. The van der Waals surface area contributed by atoms with Crippen molar-refractivity contribution in [1.29, 1.82) is 0 Å². The first-order chi connectivity index (χ1) is 25.7. The number of rotatable bonds is 3. The maximum absolute atomic E-state index is 2.48. The van der Waals surface area contributed by atoms with E-state index >= 15 is 0 Å². The van der Waals surface area contributed by atoms with Crippen LogP contribution in [0.5, 0.6) is 0 Å². The normalized spacial score (nSPS) is 15.3. The molecule has 0 saturated heterocycles. The van der Waals surface area contributed by atoms with Crippen LogP contribution < -0.4 is 0 Å². The fourth-order valence-corrected chi connectivity index (χ4v) is 10.5. The smallest absolute Gasteiger partial charge is 0.0541 e. The van der Waals surface area contributed by atoms with Crippen molar-refractivity contribution in [3.63, 3.8) is 0 Å². The molecule has 2 nitrogen and oxygen atoms in total. The number of hydrogen-bond acceptors (Lipinski definition) is 1. The first-order valence-electron chi connectivity index (χ1n) is 18.9. The van der Waals surface area contributed by atoms with Crippen LogP contribution in [0.2, 0.25) is 0 Å². The van der Waals surface area contributed by atoms with Gasteiger partial charge >= 0.3 is 0 Å². The second-order valence-electron chi connectivity index (χ2n) is 16.4. The van der Waals surface area contributed by atoms with Crippen LogP contribution >= 0.6 is 11.3 Å². The molecule has 1 aliphatic carbocycles. The van der Waals surface area contributed by atoms with Crippen LogP contribution in [0.3, 0.4) is 0 Å². The molecule has 3 heterocycles. The number of nitrogens with zero attached hydrogens (tertiary/aromatic N) is 2. The predicted molar refractivity (Wildman–Crippen MR) is 229 cm³/mol. The first kappa shape index (κ1) is 30.9. The topological polar surface area (TPSA) is 9.86 Å². The minimum atomic E-state index is 0.152. The van der Waals surface area contributed by atoms with E-state index in [1.54, 1.807) is 0 Å². The second kappa shape index (κ2) is 10.9. The van der Waals surface area contributed by atoms with Gasteiger partial charge in [-0.1, -0.05) is 100 Å². The summed E-state index contributed by atoms with van der Waals surface area (Å²) in [7, 11) is 0. The Morgan fingerprint density at radius 3 is 1.53 bits per heavy atom. The molecule has 0 amide bonds. The van der Waals surface area contributed by atoms with Crippen LogP contribution in [0.25, 0.3) is 86.3 Å². The van der Waals surface area contributed by atoms with Gasteiger partial charge in [0, 0.05) is 53.1 Å². The van der Waals surface area contributed by atoms with Gasteiger partial charge in [0.25, 0.3) is 0 Å². The Hall–Kier alpha value is -5.64. The van der Waals surface area contributed by atoms with E-state index < -0.39 is 0 Å². The van der Waals surface area contributed by atoms with Gasteiger partial charge < -0.3 is 9.13 Å². The van der Waals surface area contributed by atoms with Crippen molar-refractivity contribution < 1.29 is 0 Å². The fourth-order valence-electron chi connectivity index (χ4n) is 9.43. The van der Waals surface area contributed by atoms with Gasteiger partial charge in [0.05, 0.1) is 22.1 Å². The summed E-state index contributed by atoms with van der Waals surface area (Å²) in [6, 6.07) is 54.8. The summed E-state index contributed by atoms with van der Waals surface area (Å²) in [6.07, 6.45) is 2.43. The molecule has 0 radical (unpaired) electrons. The Balaban J connectivity index is 1.07. The Bertz CT molecular complexity index is 3130. The zero-order valence-electron chi connectivity index (χ0n) is 30.6. The molecule has 0 saturated carbocycles. The van der Waals surface area contributed by atoms with Crippen molar-refractivity contribution in [2.45, 2.75) is 51.4 Å². The van der Waals surface area contributed by atoms with Crippen molar-refractivity contribution in [1.82, 2.24) is 9.13 Å². The SMILES string of the molecule is CC1(C)CCC(C)(C)c2cc(-n3c4ccccc4c4cc(-c5ccc6c(c5)c5ccccc5n6-c5ccc6sc7ccccc7c6c5)ccc43)ccc21. The van der Waals surface area contributed by atoms with E-state index in [0.29, 0.717) is 0 Å². The van der Waals surface area contributed by atoms with Crippen LogP contribution in [-0.2, 0) is 10.8 Å². The van der Waals surface area contributed by atoms with Crippen molar-refractivity contribution in [2.75, 3.05) is 0 Å². The molecule has 3 aromatic heterocycles. The summed E-state index contributed by atoms with van der Waals surface area (Å²) in [6.45, 7) is 9.65. The average molecular weight is 701 g/mol. The number of fused-ring (bicyclic) bond motifs is 10. The molecule has 10 aromatic rings. The van der Waals surface area contributed by atoms with E-state index in [-0.39, 0.29) is 10.8 Å². The summed E-state index contributed by atoms with van der Waals surface area (Å²) >= 11 is 1.87. The molecule has 7 aromatic carbocycles. The van der Waals surface area contributed by atoms with Crippen molar-refractivity contribution in [3.8, 4) is 22.5 Å². The van der Waals surface area contributed by atoms with E-state index in [1.165, 1.54) is 110 Å². The number of thiophene rings is 1. The number of benzene rings is 7. The van der Waals surface area contributed by atoms with Gasteiger partial charge in [-0.2, -0.15) is 0 Å². The Kier molecular flexibility index (Phi) is 6.39. The molecule has 0 atom stereocenters. The Labute approximate surface area is 313 Å². The second-order valence-corrected chi connectivity index (χ2v) is 17.5. The van der Waals surface area contributed by atoms with Gasteiger partial charge in [-0.3, -0.25) is 0 Å². The molecule has 11 rings (SSSR count). The summed E-state index contributed by atoms with van der Waals surface area (Å²) in [4.78, 5) is 0. The summed E-state index contributed by atoms with van der Waals surface area (Å²) < 4.78 is 7.59. The third-order valence-electron chi connectivity index (χ3n) is 12.4. The largest absolute Gasteiger partial charge is 0.309 e. The van der Waals surface area contributed by atoms with E-state index in [4.69, 9.17) is 0 Å². The molecule has 3 heteroatoms. The standard InChI is InChI=1S/C50H40N2S/c1-49(2)25-26-50(3,4)42-30-34(19-21-41(42)49)52-44-15-9-6-12-36(44)39-28-32(18-23-46(39)52)31-17-22-45-38(27-31)35-11-5-8-14-43(35)51(45)33-20-24-48-40(29-33)37-13-7-10-16-47(37)53-48/h5-24,27-30H,25-26H2,1-4H3. The molecule has 0 N–H and O–H groups in total. The molecule has 0 unspecified atom stereocenters. The van der Waals surface area contributed by atoms with Crippen molar-refractivity contribution >= 4 is 75.1 Å². The summed E-state index contributed by atoms with van der Waals surface area (Å²) in [5.41, 5.74) is 13.2. The molecular formula is C50H40N2S. The molecule has 0 fully saturated rings. The highest BCUT2D eigenvalue weighted by atomic mass is 32.1. The lowest BCUT2D eigenvalue weighted by molar-refractivity contribution is 0.332. The van der Waals surface area contributed by atoms with Gasteiger partial charge in [0.15, 0.2) is 0 Å². The lowest BCUT2D eigenvalue weighted by Gasteiger charge is -2.42. The van der Waals surface area contributed by atoms with Crippen LogP contribution in [-0.4, -0.2) is 9.13 Å². The van der Waals surface area contributed by atoms with E-state index in [2.05, 4.69) is 182 Å². The van der Waals surface area contributed by atoms with E-state index in [9.17, 15) is 0 Å². The van der Waals surface area contributed by atoms with Crippen LogP contribution in [0.15, 0.2) is 146 Å². The van der Waals surface area contributed by atoms with Crippen molar-refractivity contribution in [2.24, 2.45) is 0 Å². The monoisotopic (exact) mass is 700 g/mol. The molecule has 0 aliphatic heterocycles. The van der Waals surface area contributed by atoms with Crippen LogP contribution in [0.4, 0.5) is 0 Å². The Morgan fingerprint density at radius 2 is 0.887 bits per heavy atom. The summed E-state index contributed by atoms with van der Waals surface area (Å²) in [5.74, 6) is 0. The number of aromatic nitrogens is 2. The minimum absolute atomic E-state index is 0.152. The first-order valence-corrected chi connectivity index (χ1v) is 19.7. The van der Waals surface area contributed by atoms with Crippen LogP contribution in [0, 0.1) is 0 Å². The molecule has 0 spiro atoms. The predicted octanol–water partition coefficient (Wildman–Crippen LogP) is 14.3. The quantitative estimate of drug-likeness (QED) is 0.174. The lowest BCUT2D eigenvalue weighted by atomic mass is 9.63. The molecule has 1 aliphatic rings. The maximum atomic E-state index is 2.48. The van der Waals surface area contributed by atoms with Gasteiger partial charge in [0.1, 0.15) is 0 Å². The van der Waals surface area contributed by atoms with Crippen LogP contribution in [0.1, 0.15) is 51.7 Å². The number of hydrogen-bond donors (Lipinski definition) is 0. The summed E-state index contributed by atoms with van der Waals surface area (Å²) in [5, 5.41) is 7.77. The molecular weight excluding hydrogens is 661 g/mol. The van der Waals surface area contributed by atoms with E-state index in [1.807, 2.05) is 11.3 Å². The average Bonchev–Trinajstić information content (AvgIpc) is 3.83. The van der Waals surface area contributed by atoms with Crippen molar-refractivity contribution in [3.05, 3.63) is 157 Å². The lowest BCUT2D eigenvalue weighted by Crippen LogP contribution is -2.33. The number of para-hydroxylation sites is 2. The molecule has 53 heavy (non-hydrogen) atoms. The third-order valence-corrected chi connectivity index (χ3v) is 13.5. The fraction of sp³-hybridized carbons (Fsp3) is 0.160. The van der Waals surface area contributed by atoms with Gasteiger partial charge in [-0.15, -0.1) is 11.3 Å². The highest BCUT2D eigenvalue weighted by Gasteiger charge is 2.37. The highest BCUT2D eigenvalue weighted by Crippen LogP contribution is 2.47. The third kappa shape index (κ3) is 4.50. The highest BCUT2D eigenvalue weighted by molar-refractivity contribution is 7.25. The molecule has 0 bridgehead atoms. The minimum Gasteiger partial charge on any atom is -0.309 e. The maximum Gasteiger partial charge on any atom is 0.0541 e. The zero-order valence-corrected chi connectivity index (χ0v) is 31.4. The van der Waals surface area contributed by atoms with Gasteiger partial charge in [-0.25, -0.2) is 0 Å². The van der Waals surface area contributed by atoms with Gasteiger partial charge in [0.2, 0.25) is 0 Å². The van der Waals surface area contributed by atoms with E-state index in [0.717, 1.165) is 0 Å².